The summed E-state index contributed by atoms with van der Waals surface area (Å²) in [5, 5.41) is 2.48. The van der Waals surface area contributed by atoms with E-state index in [1.54, 1.807) is 18.2 Å². The van der Waals surface area contributed by atoms with Gasteiger partial charge in [-0.15, -0.1) is 0 Å². The minimum atomic E-state index is -0.569. The zero-order valence-corrected chi connectivity index (χ0v) is 8.85. The van der Waals surface area contributed by atoms with Gasteiger partial charge in [-0.1, -0.05) is 12.1 Å². The fourth-order valence-corrected chi connectivity index (χ4v) is 1.31. The Morgan fingerprint density at radius 1 is 1.24 bits per heavy atom. The molecular weight excluding hydrogens is 221 g/mol. The lowest BCUT2D eigenvalue weighted by Crippen LogP contribution is -2.14. The van der Waals surface area contributed by atoms with Crippen LogP contribution in [0.15, 0.2) is 42.6 Å². The Morgan fingerprint density at radius 2 is 2.00 bits per heavy atom. The van der Waals surface area contributed by atoms with E-state index in [9.17, 15) is 9.18 Å². The molecule has 0 bridgehead atoms. The summed E-state index contributed by atoms with van der Waals surface area (Å²) in [5.74, 6) is -0.784. The topological polar surface area (TPSA) is 68.0 Å². The first-order valence-corrected chi connectivity index (χ1v) is 4.94. The average molecular weight is 231 g/mol. The van der Waals surface area contributed by atoms with Crippen LogP contribution in [0.4, 0.5) is 15.9 Å². The van der Waals surface area contributed by atoms with Crippen LogP contribution in [-0.4, -0.2) is 10.9 Å². The number of amides is 1. The minimum absolute atomic E-state index is 0.0221. The third-order valence-electron chi connectivity index (χ3n) is 2.15. The summed E-state index contributed by atoms with van der Waals surface area (Å²) < 4.78 is 13.3. The highest BCUT2D eigenvalue weighted by atomic mass is 19.1. The van der Waals surface area contributed by atoms with Crippen LogP contribution in [0, 0.1) is 5.82 Å². The molecule has 3 N–H and O–H groups in total. The molecule has 17 heavy (non-hydrogen) atoms. The molecule has 0 unspecified atom stereocenters. The molecule has 1 heterocycles. The summed E-state index contributed by atoms with van der Waals surface area (Å²) in [6.45, 7) is 0. The van der Waals surface area contributed by atoms with Crippen molar-refractivity contribution in [1.82, 2.24) is 4.98 Å². The van der Waals surface area contributed by atoms with Crippen molar-refractivity contribution in [3.05, 3.63) is 54.0 Å². The highest BCUT2D eigenvalue weighted by Gasteiger charge is 2.10. The van der Waals surface area contributed by atoms with Crippen LogP contribution in [0.5, 0.6) is 0 Å². The molecule has 5 heteroatoms. The number of carbonyl (C=O) groups is 1. The number of nitrogens with zero attached hydrogens (tertiary/aromatic N) is 1. The van der Waals surface area contributed by atoms with E-state index < -0.39 is 11.7 Å². The van der Waals surface area contributed by atoms with E-state index in [2.05, 4.69) is 10.3 Å². The Hall–Kier alpha value is -2.43. The Labute approximate surface area is 97.3 Å². The van der Waals surface area contributed by atoms with E-state index in [-0.39, 0.29) is 5.56 Å². The smallest absolute Gasteiger partial charge is 0.259 e. The fraction of sp³-hybridized carbons (Fsp3) is 0. The Balaban J connectivity index is 2.17. The lowest BCUT2D eigenvalue weighted by atomic mass is 10.2. The lowest BCUT2D eigenvalue weighted by Gasteiger charge is -2.05. The monoisotopic (exact) mass is 231 g/mol. The Bertz CT molecular complexity index is 540. The van der Waals surface area contributed by atoms with E-state index in [1.165, 1.54) is 24.4 Å². The summed E-state index contributed by atoms with van der Waals surface area (Å²) in [4.78, 5) is 15.6. The highest BCUT2D eigenvalue weighted by Crippen LogP contribution is 2.11. The van der Waals surface area contributed by atoms with Gasteiger partial charge in [-0.05, 0) is 24.3 Å². The number of anilines is 2. The first-order valence-electron chi connectivity index (χ1n) is 4.94. The number of rotatable bonds is 2. The summed E-state index contributed by atoms with van der Waals surface area (Å²) in [5.41, 5.74) is 5.93. The van der Waals surface area contributed by atoms with Crippen LogP contribution in [0.25, 0.3) is 0 Å². The molecule has 86 valence electrons. The zero-order valence-electron chi connectivity index (χ0n) is 8.85. The van der Waals surface area contributed by atoms with Crippen molar-refractivity contribution in [2.24, 2.45) is 0 Å². The Kier molecular flexibility index (Phi) is 3.00. The molecule has 0 aliphatic heterocycles. The van der Waals surface area contributed by atoms with Crippen LogP contribution in [-0.2, 0) is 0 Å². The van der Waals surface area contributed by atoms with Gasteiger partial charge in [0.05, 0.1) is 17.4 Å². The number of hydrogen-bond acceptors (Lipinski definition) is 3. The quantitative estimate of drug-likeness (QED) is 0.831. The van der Waals surface area contributed by atoms with Gasteiger partial charge in [0.25, 0.3) is 5.91 Å². The Morgan fingerprint density at radius 3 is 2.65 bits per heavy atom. The molecule has 0 saturated carbocycles. The molecule has 4 nitrogen and oxygen atoms in total. The van der Waals surface area contributed by atoms with Crippen molar-refractivity contribution in [2.75, 3.05) is 11.1 Å². The lowest BCUT2D eigenvalue weighted by molar-refractivity contribution is 0.102. The summed E-state index contributed by atoms with van der Waals surface area (Å²) >= 11 is 0. The van der Waals surface area contributed by atoms with E-state index in [0.717, 1.165) is 0 Å². The van der Waals surface area contributed by atoms with E-state index in [0.29, 0.717) is 11.5 Å². The summed E-state index contributed by atoms with van der Waals surface area (Å²) in [6, 6.07) is 8.90. The number of nitrogens with one attached hydrogen (secondary N) is 1. The van der Waals surface area contributed by atoms with Crippen LogP contribution >= 0.6 is 0 Å². The molecule has 2 rings (SSSR count). The molecule has 0 aliphatic carbocycles. The fourth-order valence-electron chi connectivity index (χ4n) is 1.31. The maximum absolute atomic E-state index is 13.3. The van der Waals surface area contributed by atoms with Gasteiger partial charge in [-0.3, -0.25) is 4.79 Å². The van der Waals surface area contributed by atoms with Gasteiger partial charge < -0.3 is 11.1 Å². The third kappa shape index (κ3) is 2.57. The second kappa shape index (κ2) is 4.61. The predicted molar refractivity (Wildman–Crippen MR) is 63.0 cm³/mol. The van der Waals surface area contributed by atoms with Crippen molar-refractivity contribution in [3.63, 3.8) is 0 Å². The van der Waals surface area contributed by atoms with Gasteiger partial charge in [0.2, 0.25) is 0 Å². The van der Waals surface area contributed by atoms with Crippen molar-refractivity contribution >= 4 is 17.4 Å². The standard InChI is InChI=1S/C12H10FN3O/c13-10-4-2-1-3-9(10)12(17)16-11-6-5-8(14)7-15-11/h1-7H,14H2,(H,15,16,17). The summed E-state index contributed by atoms with van der Waals surface area (Å²) in [6.07, 6.45) is 1.41. The first kappa shape index (κ1) is 11.1. The van der Waals surface area contributed by atoms with Gasteiger partial charge in [0.15, 0.2) is 0 Å². The molecule has 0 fully saturated rings. The van der Waals surface area contributed by atoms with Gasteiger partial charge in [-0.2, -0.15) is 0 Å². The number of pyridine rings is 1. The van der Waals surface area contributed by atoms with Gasteiger partial charge in [0.1, 0.15) is 11.6 Å². The third-order valence-corrected chi connectivity index (χ3v) is 2.15. The van der Waals surface area contributed by atoms with Crippen LogP contribution < -0.4 is 11.1 Å². The largest absolute Gasteiger partial charge is 0.397 e. The molecule has 1 aromatic carbocycles. The molecule has 1 amide bonds. The molecule has 2 aromatic rings. The van der Waals surface area contributed by atoms with E-state index in [1.807, 2.05) is 0 Å². The van der Waals surface area contributed by atoms with E-state index >= 15 is 0 Å². The van der Waals surface area contributed by atoms with Crippen molar-refractivity contribution in [1.29, 1.82) is 0 Å². The zero-order chi connectivity index (χ0) is 12.3. The van der Waals surface area contributed by atoms with Crippen molar-refractivity contribution < 1.29 is 9.18 Å². The number of nitrogens with two attached hydrogens (primary N) is 1. The molecule has 0 saturated heterocycles. The number of hydrogen-bond donors (Lipinski definition) is 2. The maximum atomic E-state index is 13.3. The first-order chi connectivity index (χ1) is 8.16. The SMILES string of the molecule is Nc1ccc(NC(=O)c2ccccc2F)nc1. The molecule has 0 atom stereocenters. The normalized spacial score (nSPS) is 9.94. The van der Waals surface area contributed by atoms with Gasteiger partial charge >= 0.3 is 0 Å². The molecule has 1 aromatic heterocycles. The highest BCUT2D eigenvalue weighted by molar-refractivity contribution is 6.03. The summed E-state index contributed by atoms with van der Waals surface area (Å²) in [7, 11) is 0. The predicted octanol–water partition coefficient (Wildman–Crippen LogP) is 2.06. The molecular formula is C12H10FN3O. The number of aromatic nitrogens is 1. The number of carbonyl (C=O) groups excluding carboxylic acids is 1. The number of nitrogen functional groups attached to an aromatic ring is 1. The maximum Gasteiger partial charge on any atom is 0.259 e. The van der Waals surface area contributed by atoms with Crippen molar-refractivity contribution in [3.8, 4) is 0 Å². The van der Waals surface area contributed by atoms with Gasteiger partial charge in [-0.25, -0.2) is 9.37 Å². The number of halogens is 1. The van der Waals surface area contributed by atoms with Crippen LogP contribution in [0.3, 0.4) is 0 Å². The second-order valence-corrected chi connectivity index (χ2v) is 3.41. The van der Waals surface area contributed by atoms with E-state index in [4.69, 9.17) is 5.73 Å². The van der Waals surface area contributed by atoms with Crippen LogP contribution in [0.2, 0.25) is 0 Å². The number of benzene rings is 1. The van der Waals surface area contributed by atoms with Crippen molar-refractivity contribution in [2.45, 2.75) is 0 Å². The second-order valence-electron chi connectivity index (χ2n) is 3.41. The molecule has 0 spiro atoms. The van der Waals surface area contributed by atoms with Crippen LogP contribution in [0.1, 0.15) is 10.4 Å². The van der Waals surface area contributed by atoms with Gasteiger partial charge in [0, 0.05) is 0 Å². The minimum Gasteiger partial charge on any atom is -0.397 e. The average Bonchev–Trinajstić information content (AvgIpc) is 2.32. The molecule has 0 radical (unpaired) electrons. The molecule has 0 aliphatic rings.